The maximum atomic E-state index is 11.1. The number of allylic oxidation sites excluding steroid dienone is 1. The van der Waals surface area contributed by atoms with Crippen LogP contribution in [-0.2, 0) is 9.53 Å². The standard InChI is InChI=1S/C12H21ClO2/c1-3-5-6-7-8-9-10-11(13)12(14)15-4-2/h10H,3-9H2,1-2H3/b11-10-. The molecule has 0 radical (unpaired) electrons. The first-order valence-corrected chi connectivity index (χ1v) is 6.13. The molecule has 0 aromatic rings. The summed E-state index contributed by atoms with van der Waals surface area (Å²) < 4.78 is 4.76. The molecule has 88 valence electrons. The Morgan fingerprint density at radius 3 is 2.47 bits per heavy atom. The molecule has 0 unspecified atom stereocenters. The lowest BCUT2D eigenvalue weighted by molar-refractivity contribution is -0.137. The molecule has 0 bridgehead atoms. The van der Waals surface area contributed by atoms with E-state index >= 15 is 0 Å². The summed E-state index contributed by atoms with van der Waals surface area (Å²) in [6, 6.07) is 0. The van der Waals surface area contributed by atoms with Crippen LogP contribution in [0.3, 0.4) is 0 Å². The number of halogens is 1. The van der Waals surface area contributed by atoms with Gasteiger partial charge in [0.05, 0.1) is 6.61 Å². The van der Waals surface area contributed by atoms with Crippen molar-refractivity contribution in [2.75, 3.05) is 6.61 Å². The third-order valence-electron chi connectivity index (χ3n) is 2.10. The fourth-order valence-corrected chi connectivity index (χ4v) is 1.42. The Kier molecular flexibility index (Phi) is 9.70. The van der Waals surface area contributed by atoms with Gasteiger partial charge in [-0.05, 0) is 19.8 Å². The summed E-state index contributed by atoms with van der Waals surface area (Å²) in [7, 11) is 0. The second-order valence-corrected chi connectivity index (χ2v) is 3.88. The number of unbranched alkanes of at least 4 members (excludes halogenated alkanes) is 5. The van der Waals surface area contributed by atoms with Crippen LogP contribution in [0.25, 0.3) is 0 Å². The van der Waals surface area contributed by atoms with E-state index in [1.165, 1.54) is 25.7 Å². The summed E-state index contributed by atoms with van der Waals surface area (Å²) in [5.74, 6) is -0.410. The molecule has 0 aliphatic heterocycles. The molecule has 0 rings (SSSR count). The maximum absolute atomic E-state index is 11.1. The highest BCUT2D eigenvalue weighted by Crippen LogP contribution is 2.10. The quantitative estimate of drug-likeness (QED) is 0.359. The van der Waals surface area contributed by atoms with Crippen LogP contribution in [0.1, 0.15) is 52.4 Å². The van der Waals surface area contributed by atoms with Gasteiger partial charge in [0.15, 0.2) is 0 Å². The Labute approximate surface area is 97.6 Å². The fraction of sp³-hybridized carbons (Fsp3) is 0.750. The molecule has 0 aliphatic carbocycles. The molecule has 0 atom stereocenters. The molecular formula is C12H21ClO2. The zero-order chi connectivity index (χ0) is 11.5. The number of esters is 1. The zero-order valence-corrected chi connectivity index (χ0v) is 10.5. The summed E-state index contributed by atoms with van der Waals surface area (Å²) >= 11 is 5.74. The van der Waals surface area contributed by atoms with Gasteiger partial charge >= 0.3 is 5.97 Å². The monoisotopic (exact) mass is 232 g/mol. The van der Waals surface area contributed by atoms with Crippen LogP contribution in [0.4, 0.5) is 0 Å². The number of hydrogen-bond donors (Lipinski definition) is 0. The van der Waals surface area contributed by atoms with Crippen LogP contribution in [-0.4, -0.2) is 12.6 Å². The molecule has 0 N–H and O–H groups in total. The van der Waals surface area contributed by atoms with Crippen molar-refractivity contribution < 1.29 is 9.53 Å². The molecule has 0 saturated heterocycles. The Hall–Kier alpha value is -0.500. The van der Waals surface area contributed by atoms with E-state index in [-0.39, 0.29) is 5.03 Å². The molecule has 0 amide bonds. The predicted octanol–water partition coefficient (Wildman–Crippen LogP) is 4.03. The van der Waals surface area contributed by atoms with Crippen LogP contribution in [0.15, 0.2) is 11.1 Å². The van der Waals surface area contributed by atoms with Crippen molar-refractivity contribution in [1.29, 1.82) is 0 Å². The number of hydrogen-bond acceptors (Lipinski definition) is 2. The minimum absolute atomic E-state index is 0.215. The first kappa shape index (κ1) is 14.5. The number of carbonyl (C=O) groups is 1. The first-order valence-electron chi connectivity index (χ1n) is 5.75. The molecular weight excluding hydrogens is 212 g/mol. The summed E-state index contributed by atoms with van der Waals surface area (Å²) in [6.45, 7) is 4.34. The highest BCUT2D eigenvalue weighted by atomic mass is 35.5. The normalized spacial score (nSPS) is 11.5. The summed E-state index contributed by atoms with van der Waals surface area (Å²) in [6.07, 6.45) is 8.72. The van der Waals surface area contributed by atoms with Gasteiger partial charge in [-0.3, -0.25) is 0 Å². The van der Waals surface area contributed by atoms with Gasteiger partial charge in [0.25, 0.3) is 0 Å². The molecule has 0 fully saturated rings. The highest BCUT2D eigenvalue weighted by Gasteiger charge is 2.05. The van der Waals surface area contributed by atoms with Crippen molar-refractivity contribution in [2.45, 2.75) is 52.4 Å². The van der Waals surface area contributed by atoms with Crippen molar-refractivity contribution in [3.63, 3.8) is 0 Å². The van der Waals surface area contributed by atoms with Crippen molar-refractivity contribution in [3.8, 4) is 0 Å². The third kappa shape index (κ3) is 8.49. The Balaban J connectivity index is 3.53. The lowest BCUT2D eigenvalue weighted by Crippen LogP contribution is -2.03. The maximum Gasteiger partial charge on any atom is 0.349 e. The van der Waals surface area contributed by atoms with Gasteiger partial charge in [-0.2, -0.15) is 0 Å². The van der Waals surface area contributed by atoms with E-state index in [1.807, 2.05) is 0 Å². The minimum Gasteiger partial charge on any atom is -0.462 e. The molecule has 0 heterocycles. The minimum atomic E-state index is -0.410. The van der Waals surface area contributed by atoms with E-state index in [4.69, 9.17) is 16.3 Å². The van der Waals surface area contributed by atoms with Gasteiger partial charge < -0.3 is 4.74 Å². The molecule has 0 saturated carbocycles. The zero-order valence-electron chi connectivity index (χ0n) is 9.72. The van der Waals surface area contributed by atoms with E-state index in [2.05, 4.69) is 6.92 Å². The molecule has 0 aliphatic rings. The van der Waals surface area contributed by atoms with Gasteiger partial charge in [-0.25, -0.2) is 4.79 Å². The third-order valence-corrected chi connectivity index (χ3v) is 2.41. The molecule has 3 heteroatoms. The summed E-state index contributed by atoms with van der Waals surface area (Å²) in [5.41, 5.74) is 0. The van der Waals surface area contributed by atoms with Crippen LogP contribution in [0, 0.1) is 0 Å². The van der Waals surface area contributed by atoms with Crippen LogP contribution in [0.2, 0.25) is 0 Å². The van der Waals surface area contributed by atoms with E-state index in [0.717, 1.165) is 12.8 Å². The Bertz CT molecular complexity index is 200. The smallest absolute Gasteiger partial charge is 0.349 e. The van der Waals surface area contributed by atoms with Crippen molar-refractivity contribution in [1.82, 2.24) is 0 Å². The van der Waals surface area contributed by atoms with Gasteiger partial charge in [-0.15, -0.1) is 0 Å². The van der Waals surface area contributed by atoms with Crippen molar-refractivity contribution in [2.24, 2.45) is 0 Å². The van der Waals surface area contributed by atoms with E-state index < -0.39 is 5.97 Å². The molecule has 0 aromatic heterocycles. The lowest BCUT2D eigenvalue weighted by atomic mass is 10.1. The molecule has 2 nitrogen and oxygen atoms in total. The summed E-state index contributed by atoms with van der Waals surface area (Å²) in [4.78, 5) is 11.1. The van der Waals surface area contributed by atoms with Crippen molar-refractivity contribution >= 4 is 17.6 Å². The van der Waals surface area contributed by atoms with Gasteiger partial charge in [0.1, 0.15) is 5.03 Å². The molecule has 15 heavy (non-hydrogen) atoms. The van der Waals surface area contributed by atoms with Crippen LogP contribution >= 0.6 is 11.6 Å². The van der Waals surface area contributed by atoms with E-state index in [1.54, 1.807) is 13.0 Å². The largest absolute Gasteiger partial charge is 0.462 e. The number of carbonyl (C=O) groups excluding carboxylic acids is 1. The van der Waals surface area contributed by atoms with Crippen molar-refractivity contribution in [3.05, 3.63) is 11.1 Å². The second-order valence-electron chi connectivity index (χ2n) is 3.48. The topological polar surface area (TPSA) is 26.3 Å². The summed E-state index contributed by atoms with van der Waals surface area (Å²) in [5, 5.41) is 0.215. The fourth-order valence-electron chi connectivity index (χ4n) is 1.26. The van der Waals surface area contributed by atoms with E-state index in [9.17, 15) is 4.79 Å². The average molecular weight is 233 g/mol. The number of rotatable bonds is 8. The van der Waals surface area contributed by atoms with E-state index in [0.29, 0.717) is 6.61 Å². The molecule has 0 aromatic carbocycles. The average Bonchev–Trinajstić information content (AvgIpc) is 2.23. The van der Waals surface area contributed by atoms with Gasteiger partial charge in [0, 0.05) is 0 Å². The van der Waals surface area contributed by atoms with Gasteiger partial charge in [-0.1, -0.05) is 50.3 Å². The van der Waals surface area contributed by atoms with Crippen LogP contribution in [0.5, 0.6) is 0 Å². The SMILES string of the molecule is CCCCCCC/C=C(\Cl)C(=O)OCC. The number of ether oxygens (including phenoxy) is 1. The highest BCUT2D eigenvalue weighted by molar-refractivity contribution is 6.41. The van der Waals surface area contributed by atoms with Gasteiger partial charge in [0.2, 0.25) is 0 Å². The molecule has 0 spiro atoms. The van der Waals surface area contributed by atoms with Crippen LogP contribution < -0.4 is 0 Å². The second kappa shape index (κ2) is 10.0. The lowest BCUT2D eigenvalue weighted by Gasteiger charge is -2.00. The Morgan fingerprint density at radius 2 is 1.87 bits per heavy atom. The first-order chi connectivity index (χ1) is 7.22. The predicted molar refractivity (Wildman–Crippen MR) is 63.9 cm³/mol. The Morgan fingerprint density at radius 1 is 1.20 bits per heavy atom.